The van der Waals surface area contributed by atoms with Gasteiger partial charge in [-0.25, -0.2) is 0 Å². The van der Waals surface area contributed by atoms with Gasteiger partial charge < -0.3 is 5.73 Å². The minimum absolute atomic E-state index is 0.0885. The van der Waals surface area contributed by atoms with Gasteiger partial charge in [-0.05, 0) is 62.3 Å². The summed E-state index contributed by atoms with van der Waals surface area (Å²) >= 11 is 0. The van der Waals surface area contributed by atoms with E-state index in [1.54, 1.807) is 0 Å². The number of hydrogen-bond donors (Lipinski definition) is 1. The molecular weight excluding hydrogens is 266 g/mol. The topological polar surface area (TPSA) is 43.1 Å². The summed E-state index contributed by atoms with van der Waals surface area (Å²) in [4.78, 5) is 0.950. The number of rotatable bonds is 4. The summed E-state index contributed by atoms with van der Waals surface area (Å²) in [5.74, 6) is 0.709. The number of benzene rings is 1. The van der Waals surface area contributed by atoms with Crippen molar-refractivity contribution < 1.29 is 4.21 Å². The molecule has 3 heteroatoms. The first kappa shape index (κ1) is 15.7. The van der Waals surface area contributed by atoms with E-state index in [9.17, 15) is 4.21 Å². The maximum absolute atomic E-state index is 12.9. The van der Waals surface area contributed by atoms with Crippen LogP contribution >= 0.6 is 0 Å². The number of hydrogen-bond acceptors (Lipinski definition) is 2. The Morgan fingerprint density at radius 2 is 2.00 bits per heavy atom. The van der Waals surface area contributed by atoms with Crippen LogP contribution in [0.15, 0.2) is 23.1 Å². The monoisotopic (exact) mass is 293 g/mol. The third kappa shape index (κ3) is 3.50. The van der Waals surface area contributed by atoms with Crippen LogP contribution in [0.1, 0.15) is 50.2 Å². The Bertz CT molecular complexity index is 486. The van der Waals surface area contributed by atoms with Gasteiger partial charge in [0.25, 0.3) is 0 Å². The van der Waals surface area contributed by atoms with E-state index >= 15 is 0 Å². The summed E-state index contributed by atoms with van der Waals surface area (Å²) < 4.78 is 12.9. The lowest BCUT2D eigenvalue weighted by Gasteiger charge is -2.33. The highest BCUT2D eigenvalue weighted by atomic mass is 32.2. The van der Waals surface area contributed by atoms with Crippen LogP contribution in [0, 0.1) is 19.8 Å². The van der Waals surface area contributed by atoms with E-state index in [1.807, 2.05) is 6.07 Å². The Morgan fingerprint density at radius 3 is 2.65 bits per heavy atom. The normalized spacial score (nSPS) is 28.3. The van der Waals surface area contributed by atoms with Gasteiger partial charge >= 0.3 is 0 Å². The van der Waals surface area contributed by atoms with Crippen molar-refractivity contribution in [3.05, 3.63) is 29.3 Å². The smallest absolute Gasteiger partial charge is 0.0576 e. The molecule has 2 nitrogen and oxygen atoms in total. The van der Waals surface area contributed by atoms with Crippen LogP contribution in [-0.4, -0.2) is 15.5 Å². The Morgan fingerprint density at radius 1 is 1.25 bits per heavy atom. The molecular formula is C17H27NOS. The van der Waals surface area contributed by atoms with Crippen molar-refractivity contribution in [2.75, 3.05) is 0 Å². The van der Waals surface area contributed by atoms with E-state index in [4.69, 9.17) is 5.73 Å². The van der Waals surface area contributed by atoms with E-state index < -0.39 is 10.8 Å². The van der Waals surface area contributed by atoms with Gasteiger partial charge in [0, 0.05) is 10.9 Å². The second kappa shape index (κ2) is 6.86. The molecule has 1 aliphatic rings. The molecule has 4 atom stereocenters. The van der Waals surface area contributed by atoms with Crippen LogP contribution in [0.2, 0.25) is 0 Å². The molecule has 20 heavy (non-hydrogen) atoms. The van der Waals surface area contributed by atoms with Crippen molar-refractivity contribution in [2.45, 2.75) is 69.1 Å². The number of aryl methyl sites for hydroxylation is 2. The Balaban J connectivity index is 2.15. The quantitative estimate of drug-likeness (QED) is 0.919. The van der Waals surface area contributed by atoms with Crippen LogP contribution in [0.4, 0.5) is 0 Å². The lowest BCUT2D eigenvalue weighted by Crippen LogP contribution is -2.43. The molecule has 0 amide bonds. The van der Waals surface area contributed by atoms with E-state index in [0.717, 1.165) is 17.7 Å². The van der Waals surface area contributed by atoms with Crippen molar-refractivity contribution in [3.8, 4) is 0 Å². The van der Waals surface area contributed by atoms with Crippen molar-refractivity contribution in [3.63, 3.8) is 0 Å². The fourth-order valence-corrected chi connectivity index (χ4v) is 4.91. The molecule has 0 aromatic heterocycles. The first-order valence-electron chi connectivity index (χ1n) is 7.76. The van der Waals surface area contributed by atoms with Crippen molar-refractivity contribution >= 4 is 10.8 Å². The zero-order valence-electron chi connectivity index (χ0n) is 12.9. The molecule has 0 heterocycles. The molecule has 0 aliphatic heterocycles. The fourth-order valence-electron chi connectivity index (χ4n) is 3.17. The zero-order chi connectivity index (χ0) is 14.7. The van der Waals surface area contributed by atoms with Crippen molar-refractivity contribution in [1.29, 1.82) is 0 Å². The lowest BCUT2D eigenvalue weighted by molar-refractivity contribution is 0.313. The molecule has 1 saturated carbocycles. The molecule has 1 fully saturated rings. The molecule has 2 N–H and O–H groups in total. The summed E-state index contributed by atoms with van der Waals surface area (Å²) in [5, 5.41) is 0.127. The zero-order valence-corrected chi connectivity index (χ0v) is 13.7. The van der Waals surface area contributed by atoms with Gasteiger partial charge in [0.2, 0.25) is 0 Å². The molecule has 1 aliphatic carbocycles. The first-order valence-corrected chi connectivity index (χ1v) is 8.97. The van der Waals surface area contributed by atoms with Crippen LogP contribution in [-0.2, 0) is 10.8 Å². The van der Waals surface area contributed by atoms with Crippen LogP contribution in [0.25, 0.3) is 0 Å². The molecule has 0 radical (unpaired) electrons. The minimum Gasteiger partial charge on any atom is -0.327 e. The highest BCUT2D eigenvalue weighted by Crippen LogP contribution is 2.32. The fraction of sp³-hybridized carbons (Fsp3) is 0.647. The van der Waals surface area contributed by atoms with Gasteiger partial charge in [0.1, 0.15) is 0 Å². The highest BCUT2D eigenvalue weighted by Gasteiger charge is 2.32. The van der Waals surface area contributed by atoms with Gasteiger partial charge in [0.05, 0.1) is 16.0 Å². The molecule has 2 rings (SSSR count). The maximum atomic E-state index is 12.9. The number of nitrogens with two attached hydrogens (primary N) is 1. The van der Waals surface area contributed by atoms with E-state index in [2.05, 4.69) is 32.9 Å². The predicted molar refractivity (Wildman–Crippen MR) is 86.3 cm³/mol. The maximum Gasteiger partial charge on any atom is 0.0576 e. The van der Waals surface area contributed by atoms with E-state index in [-0.39, 0.29) is 11.3 Å². The van der Waals surface area contributed by atoms with Crippen LogP contribution in [0.3, 0.4) is 0 Å². The average Bonchev–Trinajstić information content (AvgIpc) is 2.43. The molecule has 0 spiro atoms. The van der Waals surface area contributed by atoms with Gasteiger partial charge in [-0.1, -0.05) is 25.8 Å². The Hall–Kier alpha value is -0.670. The summed E-state index contributed by atoms with van der Waals surface area (Å²) in [7, 11) is -0.968. The molecule has 1 aromatic rings. The summed E-state index contributed by atoms with van der Waals surface area (Å²) in [5.41, 5.74) is 8.72. The molecule has 0 bridgehead atoms. The minimum atomic E-state index is -0.968. The molecule has 4 unspecified atom stereocenters. The van der Waals surface area contributed by atoms with E-state index in [0.29, 0.717) is 5.92 Å². The van der Waals surface area contributed by atoms with Crippen molar-refractivity contribution in [1.82, 2.24) is 0 Å². The molecule has 0 saturated heterocycles. The van der Waals surface area contributed by atoms with Gasteiger partial charge in [-0.15, -0.1) is 0 Å². The largest absolute Gasteiger partial charge is 0.327 e. The van der Waals surface area contributed by atoms with Crippen LogP contribution in [0.5, 0.6) is 0 Å². The first-order chi connectivity index (χ1) is 9.52. The third-order valence-electron chi connectivity index (χ3n) is 4.63. The average molecular weight is 293 g/mol. The summed E-state index contributed by atoms with van der Waals surface area (Å²) in [6.07, 6.45) is 5.70. The second-order valence-electron chi connectivity index (χ2n) is 6.21. The highest BCUT2D eigenvalue weighted by molar-refractivity contribution is 7.85. The van der Waals surface area contributed by atoms with E-state index in [1.165, 1.54) is 30.4 Å². The standard InChI is InChI=1S/C17H27NOS/c1-4-5-14-7-9-16(18)17(11-14)20(19)15-8-6-12(2)13(3)10-15/h6,8,10,14,16-17H,4-5,7,9,11,18H2,1-3H3. The third-order valence-corrected chi connectivity index (χ3v) is 6.44. The van der Waals surface area contributed by atoms with Crippen molar-refractivity contribution in [2.24, 2.45) is 11.7 Å². The van der Waals surface area contributed by atoms with Gasteiger partial charge in [-0.3, -0.25) is 4.21 Å². The second-order valence-corrected chi connectivity index (χ2v) is 7.89. The summed E-state index contributed by atoms with van der Waals surface area (Å²) in [6, 6.07) is 6.24. The SMILES string of the molecule is CCCC1CCC(N)C(S(=O)c2ccc(C)c(C)c2)C1. The molecule has 1 aromatic carbocycles. The Labute approximate surface area is 125 Å². The lowest BCUT2D eigenvalue weighted by atomic mass is 9.83. The Kier molecular flexibility index (Phi) is 5.39. The van der Waals surface area contributed by atoms with Crippen LogP contribution < -0.4 is 5.73 Å². The predicted octanol–water partition coefficient (Wildman–Crippen LogP) is 3.71. The van der Waals surface area contributed by atoms with Gasteiger partial charge in [0.15, 0.2) is 0 Å². The van der Waals surface area contributed by atoms with Gasteiger partial charge in [-0.2, -0.15) is 0 Å². The molecule has 112 valence electrons. The summed E-state index contributed by atoms with van der Waals surface area (Å²) in [6.45, 7) is 6.40.